The van der Waals surface area contributed by atoms with Crippen LogP contribution in [0.2, 0.25) is 0 Å². The maximum absolute atomic E-state index is 13.0. The van der Waals surface area contributed by atoms with Crippen LogP contribution in [0, 0.1) is 18.6 Å². The summed E-state index contributed by atoms with van der Waals surface area (Å²) in [4.78, 5) is 5.34. The summed E-state index contributed by atoms with van der Waals surface area (Å²) in [5, 5.41) is 0.995. The summed E-state index contributed by atoms with van der Waals surface area (Å²) in [5.74, 6) is -1.61. The average Bonchev–Trinajstić information content (AvgIpc) is 2.70. The molecule has 0 fully saturated rings. The van der Waals surface area contributed by atoms with E-state index in [1.165, 1.54) is 6.07 Å². The van der Waals surface area contributed by atoms with Gasteiger partial charge in [0.15, 0.2) is 11.6 Å². The Hall–Kier alpha value is -0.810. The molecule has 1 aromatic heterocycles. The zero-order valence-electron chi connectivity index (χ0n) is 9.08. The number of benzene rings is 1. The molecular weight excluding hydrogens is 308 g/mol. The van der Waals surface area contributed by atoms with Crippen LogP contribution in [-0.4, -0.2) is 4.98 Å². The summed E-state index contributed by atoms with van der Waals surface area (Å²) in [6.07, 6.45) is 2.41. The molecule has 0 N–H and O–H groups in total. The number of nitrogens with zero attached hydrogens (tertiary/aromatic N) is 1. The number of alkyl halides is 1. The maximum Gasteiger partial charge on any atom is 0.159 e. The minimum atomic E-state index is -0.812. The second-order valence-electron chi connectivity index (χ2n) is 3.70. The van der Waals surface area contributed by atoms with Gasteiger partial charge in [-0.1, -0.05) is 22.0 Å². The third-order valence-electron chi connectivity index (χ3n) is 2.35. The summed E-state index contributed by atoms with van der Waals surface area (Å²) in [7, 11) is 0. The van der Waals surface area contributed by atoms with Crippen molar-refractivity contribution < 1.29 is 8.78 Å². The molecular formula is C12H10BrF2NS. The molecule has 0 amide bonds. The molecule has 0 aliphatic rings. The minimum Gasteiger partial charge on any atom is -0.250 e. The fraction of sp³-hybridized carbons (Fsp3) is 0.250. The summed E-state index contributed by atoms with van der Waals surface area (Å²) >= 11 is 5.13. The Labute approximate surface area is 111 Å². The van der Waals surface area contributed by atoms with Gasteiger partial charge in [-0.25, -0.2) is 13.8 Å². The largest absolute Gasteiger partial charge is 0.250 e. The van der Waals surface area contributed by atoms with Crippen LogP contribution < -0.4 is 0 Å². The molecule has 0 bridgehead atoms. The number of hydrogen-bond donors (Lipinski definition) is 0. The van der Waals surface area contributed by atoms with E-state index in [2.05, 4.69) is 20.9 Å². The van der Waals surface area contributed by atoms with Crippen molar-refractivity contribution in [1.82, 2.24) is 4.98 Å². The number of halogens is 3. The first-order chi connectivity index (χ1) is 8.06. The molecule has 0 radical (unpaired) electrons. The third kappa shape index (κ3) is 3.10. The molecule has 2 aromatic rings. The Balaban J connectivity index is 2.12. The highest BCUT2D eigenvalue weighted by atomic mass is 79.9. The molecule has 0 aliphatic carbocycles. The topological polar surface area (TPSA) is 12.9 Å². The summed E-state index contributed by atoms with van der Waals surface area (Å²) in [6.45, 7) is 1.94. The smallest absolute Gasteiger partial charge is 0.159 e. The molecule has 90 valence electrons. The summed E-state index contributed by atoms with van der Waals surface area (Å²) in [6, 6.07) is 3.99. The highest BCUT2D eigenvalue weighted by Crippen LogP contribution is 2.31. The van der Waals surface area contributed by atoms with Crippen LogP contribution in [0.3, 0.4) is 0 Å². The second-order valence-corrected chi connectivity index (χ2v) is 6.07. The summed E-state index contributed by atoms with van der Waals surface area (Å²) < 4.78 is 25.8. The van der Waals surface area contributed by atoms with Gasteiger partial charge in [-0.3, -0.25) is 0 Å². The van der Waals surface area contributed by atoms with Crippen molar-refractivity contribution in [3.8, 4) is 0 Å². The van der Waals surface area contributed by atoms with E-state index in [1.807, 2.05) is 6.92 Å². The predicted octanol–water partition coefficient (Wildman–Crippen LogP) is 4.41. The van der Waals surface area contributed by atoms with Gasteiger partial charge in [0, 0.05) is 11.1 Å². The first-order valence-electron chi connectivity index (χ1n) is 5.06. The highest BCUT2D eigenvalue weighted by molar-refractivity contribution is 9.09. The van der Waals surface area contributed by atoms with Gasteiger partial charge in [-0.15, -0.1) is 11.3 Å². The van der Waals surface area contributed by atoms with Crippen molar-refractivity contribution in [1.29, 1.82) is 0 Å². The van der Waals surface area contributed by atoms with E-state index < -0.39 is 11.6 Å². The summed E-state index contributed by atoms with van der Waals surface area (Å²) in [5.41, 5.74) is 0.761. The van der Waals surface area contributed by atoms with Gasteiger partial charge in [0.1, 0.15) is 0 Å². The molecule has 0 saturated carbocycles. The fourth-order valence-electron chi connectivity index (χ4n) is 1.50. The zero-order chi connectivity index (χ0) is 12.4. The molecule has 5 heteroatoms. The maximum atomic E-state index is 13.0. The van der Waals surface area contributed by atoms with Crippen LogP contribution in [0.25, 0.3) is 0 Å². The van der Waals surface area contributed by atoms with Crippen molar-refractivity contribution in [2.75, 3.05) is 0 Å². The number of hydrogen-bond acceptors (Lipinski definition) is 2. The van der Waals surface area contributed by atoms with Crippen LogP contribution in [0.1, 0.15) is 20.3 Å². The van der Waals surface area contributed by atoms with Crippen molar-refractivity contribution in [3.63, 3.8) is 0 Å². The molecule has 0 saturated heterocycles. The van der Waals surface area contributed by atoms with Gasteiger partial charge >= 0.3 is 0 Å². The van der Waals surface area contributed by atoms with E-state index in [0.717, 1.165) is 21.5 Å². The van der Waals surface area contributed by atoms with Crippen molar-refractivity contribution in [3.05, 3.63) is 51.5 Å². The normalized spacial score (nSPS) is 12.7. The SMILES string of the molecule is Cc1ncc(C(Br)Cc2ccc(F)c(F)c2)s1. The molecule has 0 spiro atoms. The molecule has 1 atom stereocenters. The molecule has 0 aliphatic heterocycles. The van der Waals surface area contributed by atoms with E-state index in [0.29, 0.717) is 6.42 Å². The lowest BCUT2D eigenvalue weighted by Gasteiger charge is -2.07. The molecule has 2 rings (SSSR count). The molecule has 1 aromatic carbocycles. The fourth-order valence-corrected chi connectivity index (χ4v) is 3.03. The molecule has 1 heterocycles. The van der Waals surface area contributed by atoms with Gasteiger partial charge in [-0.05, 0) is 31.0 Å². The average molecular weight is 318 g/mol. The monoisotopic (exact) mass is 317 g/mol. The van der Waals surface area contributed by atoms with E-state index >= 15 is 0 Å². The quantitative estimate of drug-likeness (QED) is 0.764. The van der Waals surface area contributed by atoms with Crippen LogP contribution in [0.4, 0.5) is 8.78 Å². The molecule has 1 nitrogen and oxygen atoms in total. The van der Waals surface area contributed by atoms with Gasteiger partial charge in [0.05, 0.1) is 9.83 Å². The van der Waals surface area contributed by atoms with E-state index in [9.17, 15) is 8.78 Å². The minimum absolute atomic E-state index is 0.0820. The lowest BCUT2D eigenvalue weighted by atomic mass is 10.1. The van der Waals surface area contributed by atoms with E-state index in [1.54, 1.807) is 23.6 Å². The predicted molar refractivity (Wildman–Crippen MR) is 68.6 cm³/mol. The van der Waals surface area contributed by atoms with E-state index in [-0.39, 0.29) is 4.83 Å². The van der Waals surface area contributed by atoms with Gasteiger partial charge in [-0.2, -0.15) is 0 Å². The van der Waals surface area contributed by atoms with Crippen LogP contribution in [-0.2, 0) is 6.42 Å². The number of thiazole rings is 1. The number of aromatic nitrogens is 1. The molecule has 1 unspecified atom stereocenters. The van der Waals surface area contributed by atoms with Crippen LogP contribution >= 0.6 is 27.3 Å². The Bertz CT molecular complexity index is 527. The lowest BCUT2D eigenvalue weighted by molar-refractivity contribution is 0.507. The van der Waals surface area contributed by atoms with Gasteiger partial charge < -0.3 is 0 Å². The first-order valence-corrected chi connectivity index (χ1v) is 6.80. The highest BCUT2D eigenvalue weighted by Gasteiger charge is 2.12. The van der Waals surface area contributed by atoms with Crippen molar-refractivity contribution >= 4 is 27.3 Å². The first kappa shape index (κ1) is 12.6. The Morgan fingerprint density at radius 2 is 2.12 bits per heavy atom. The van der Waals surface area contributed by atoms with Crippen LogP contribution in [0.5, 0.6) is 0 Å². The number of rotatable bonds is 3. The Kier molecular flexibility index (Phi) is 3.89. The standard InChI is InChI=1S/C12H10BrF2NS/c1-7-16-6-12(17-7)9(13)4-8-2-3-10(14)11(15)5-8/h2-3,5-6,9H,4H2,1H3. The zero-order valence-corrected chi connectivity index (χ0v) is 11.5. The number of aryl methyl sites for hydroxylation is 1. The van der Waals surface area contributed by atoms with Crippen LogP contribution in [0.15, 0.2) is 24.4 Å². The van der Waals surface area contributed by atoms with E-state index in [4.69, 9.17) is 0 Å². The van der Waals surface area contributed by atoms with Crippen molar-refractivity contribution in [2.45, 2.75) is 18.2 Å². The third-order valence-corrected chi connectivity index (χ3v) is 4.49. The van der Waals surface area contributed by atoms with Gasteiger partial charge in [0.2, 0.25) is 0 Å². The Morgan fingerprint density at radius 3 is 2.71 bits per heavy atom. The lowest BCUT2D eigenvalue weighted by Crippen LogP contribution is -1.95. The second kappa shape index (κ2) is 5.23. The molecule has 17 heavy (non-hydrogen) atoms. The van der Waals surface area contributed by atoms with Gasteiger partial charge in [0.25, 0.3) is 0 Å². The van der Waals surface area contributed by atoms with Crippen molar-refractivity contribution in [2.24, 2.45) is 0 Å². The Morgan fingerprint density at radius 1 is 1.35 bits per heavy atom.